The Balaban J connectivity index is 1.44. The fourth-order valence-corrected chi connectivity index (χ4v) is 6.07. The number of methoxy groups -OCH3 is 1. The molecule has 0 aromatic heterocycles. The number of benzene rings is 3. The number of aromatic hydroxyl groups is 3. The van der Waals surface area contributed by atoms with Gasteiger partial charge in [0, 0.05) is 17.5 Å². The molecule has 1 aliphatic carbocycles. The summed E-state index contributed by atoms with van der Waals surface area (Å²) in [4.78, 5) is 65.0. The van der Waals surface area contributed by atoms with Crippen LogP contribution in [0.15, 0.2) is 36.4 Å². The molecule has 0 radical (unpaired) electrons. The van der Waals surface area contributed by atoms with Gasteiger partial charge in [0.15, 0.2) is 17.7 Å². The van der Waals surface area contributed by atoms with Crippen LogP contribution < -0.4 is 4.74 Å². The molecule has 0 bridgehead atoms. The molecule has 3 aromatic carbocycles. The van der Waals surface area contributed by atoms with Gasteiger partial charge in [-0.25, -0.2) is 4.79 Å². The molecule has 2 unspecified atom stereocenters. The number of aryl methyl sites for hydroxylation is 1. The number of cyclic esters (lactones) is 1. The smallest absolute Gasteiger partial charge is 0.354 e. The van der Waals surface area contributed by atoms with E-state index in [9.17, 15) is 39.3 Å². The predicted octanol–water partition coefficient (Wildman–Crippen LogP) is 3.06. The lowest BCUT2D eigenvalue weighted by molar-refractivity contribution is -0.175. The monoisotopic (exact) mass is 572 g/mol. The van der Waals surface area contributed by atoms with E-state index in [1.807, 2.05) is 0 Å². The summed E-state index contributed by atoms with van der Waals surface area (Å²) in [7, 11) is 1.11. The van der Waals surface area contributed by atoms with E-state index in [1.54, 1.807) is 6.92 Å². The second kappa shape index (κ2) is 9.44. The van der Waals surface area contributed by atoms with Gasteiger partial charge < -0.3 is 29.5 Å². The van der Waals surface area contributed by atoms with E-state index in [4.69, 9.17) is 14.2 Å². The lowest BCUT2D eigenvalue weighted by atomic mass is 9.79. The average Bonchev–Trinajstić information content (AvgIpc) is 3.37. The van der Waals surface area contributed by atoms with Crippen LogP contribution in [0.2, 0.25) is 0 Å². The van der Waals surface area contributed by atoms with Gasteiger partial charge in [0.05, 0.1) is 24.7 Å². The highest BCUT2D eigenvalue weighted by molar-refractivity contribution is 6.30. The normalized spacial score (nSPS) is 20.8. The van der Waals surface area contributed by atoms with E-state index < -0.39 is 58.9 Å². The number of ketones is 3. The fraction of sp³-hybridized carbons (Fsp3) is 0.258. The van der Waals surface area contributed by atoms with Crippen LogP contribution >= 0.6 is 0 Å². The van der Waals surface area contributed by atoms with Crippen LogP contribution in [-0.4, -0.2) is 63.4 Å². The van der Waals surface area contributed by atoms with Gasteiger partial charge in [0.2, 0.25) is 11.4 Å². The highest BCUT2D eigenvalue weighted by Crippen LogP contribution is 2.45. The molecule has 42 heavy (non-hydrogen) atoms. The maximum absolute atomic E-state index is 13.6. The van der Waals surface area contributed by atoms with Crippen molar-refractivity contribution in [3.8, 4) is 23.0 Å². The molecule has 11 nitrogen and oxygen atoms in total. The van der Waals surface area contributed by atoms with Crippen molar-refractivity contribution in [2.75, 3.05) is 7.11 Å². The topological polar surface area (TPSA) is 174 Å². The van der Waals surface area contributed by atoms with Gasteiger partial charge in [0.25, 0.3) is 0 Å². The van der Waals surface area contributed by atoms with Gasteiger partial charge in [-0.05, 0) is 66.8 Å². The Hall–Kier alpha value is -5.19. The number of fused-ring (bicyclic) bond motifs is 3. The van der Waals surface area contributed by atoms with Crippen LogP contribution in [0.1, 0.15) is 78.2 Å². The number of carbonyl (C=O) groups is 5. The molecule has 2 heterocycles. The van der Waals surface area contributed by atoms with E-state index >= 15 is 0 Å². The predicted molar refractivity (Wildman–Crippen MR) is 142 cm³/mol. The van der Waals surface area contributed by atoms with E-state index in [-0.39, 0.29) is 58.6 Å². The summed E-state index contributed by atoms with van der Waals surface area (Å²) in [5.41, 5.74) is -1.43. The number of hydrogen-bond acceptors (Lipinski definition) is 11. The van der Waals surface area contributed by atoms with Crippen LogP contribution in [0.5, 0.6) is 23.0 Å². The molecule has 6 rings (SSSR count). The third-order valence-electron chi connectivity index (χ3n) is 7.92. The third kappa shape index (κ3) is 3.92. The first-order chi connectivity index (χ1) is 19.9. The van der Waals surface area contributed by atoms with Crippen molar-refractivity contribution in [1.82, 2.24) is 0 Å². The zero-order valence-corrected chi connectivity index (χ0v) is 22.5. The number of carbonyl (C=O) groups excluding carboxylic acids is 5. The molecule has 1 saturated heterocycles. The number of Topliss-reactive ketones (excluding diaryl/α,β-unsaturated/α-hetero) is 1. The Morgan fingerprint density at radius 3 is 2.36 bits per heavy atom. The minimum atomic E-state index is -1.96. The second-order valence-corrected chi connectivity index (χ2v) is 10.6. The molecule has 0 spiro atoms. The van der Waals surface area contributed by atoms with Crippen molar-refractivity contribution in [2.45, 2.75) is 44.3 Å². The number of phenolic OH excluding ortho intramolecular Hbond substituents is 3. The quantitative estimate of drug-likeness (QED) is 0.307. The van der Waals surface area contributed by atoms with Crippen LogP contribution in [-0.2, 0) is 25.5 Å². The highest BCUT2D eigenvalue weighted by atomic mass is 16.6. The summed E-state index contributed by atoms with van der Waals surface area (Å²) in [6.45, 7) is 1.66. The van der Waals surface area contributed by atoms with Crippen LogP contribution in [0, 0.1) is 6.92 Å². The summed E-state index contributed by atoms with van der Waals surface area (Å²) in [6.07, 6.45) is -1.53. The Morgan fingerprint density at radius 1 is 0.929 bits per heavy atom. The summed E-state index contributed by atoms with van der Waals surface area (Å²) in [5, 5.41) is 31.8. The van der Waals surface area contributed by atoms with Crippen molar-refractivity contribution in [3.05, 3.63) is 80.9 Å². The van der Waals surface area contributed by atoms with Crippen molar-refractivity contribution in [2.24, 2.45) is 0 Å². The molecule has 214 valence electrons. The van der Waals surface area contributed by atoms with Crippen LogP contribution in [0.25, 0.3) is 0 Å². The van der Waals surface area contributed by atoms with Crippen molar-refractivity contribution in [3.63, 3.8) is 0 Å². The number of esters is 2. The zero-order chi connectivity index (χ0) is 30.1. The molecular weight excluding hydrogens is 548 g/mol. The van der Waals surface area contributed by atoms with E-state index in [0.717, 1.165) is 7.11 Å². The molecule has 0 amide bonds. The fourth-order valence-electron chi connectivity index (χ4n) is 6.07. The molecule has 0 saturated carbocycles. The molecule has 3 N–H and O–H groups in total. The lowest BCUT2D eigenvalue weighted by Crippen LogP contribution is -2.58. The zero-order valence-electron chi connectivity index (χ0n) is 22.5. The first-order valence-corrected chi connectivity index (χ1v) is 13.1. The van der Waals surface area contributed by atoms with Crippen molar-refractivity contribution < 1.29 is 53.5 Å². The van der Waals surface area contributed by atoms with Gasteiger partial charge in [0.1, 0.15) is 28.6 Å². The van der Waals surface area contributed by atoms with Crippen LogP contribution in [0.4, 0.5) is 0 Å². The minimum absolute atomic E-state index is 0.00644. The molecule has 3 aliphatic rings. The molecule has 2 atom stereocenters. The van der Waals surface area contributed by atoms with Crippen molar-refractivity contribution in [1.29, 1.82) is 0 Å². The summed E-state index contributed by atoms with van der Waals surface area (Å²) in [6, 6.07) is 8.27. The average molecular weight is 573 g/mol. The second-order valence-electron chi connectivity index (χ2n) is 10.6. The Bertz CT molecular complexity index is 1770. The number of ether oxygens (including phenoxy) is 3. The molecule has 3 aromatic rings. The Kier molecular flexibility index (Phi) is 6.07. The molecular formula is C31H24O11. The van der Waals surface area contributed by atoms with Crippen molar-refractivity contribution >= 4 is 29.3 Å². The van der Waals surface area contributed by atoms with Gasteiger partial charge in [-0.2, -0.15) is 0 Å². The SMILES string of the molecule is COC(=O)C1(C2CCC(=O)O2)CC(=O)c2c(O)cc(Cc3ccc(O)c4c3C(=O)c3cc(C)cc(O)c3C4=O)cc2O1. The van der Waals surface area contributed by atoms with Crippen LogP contribution in [0.3, 0.4) is 0 Å². The standard InChI is InChI=1S/C31H24O11/c1-13-7-16-25(18(33)8-13)29(38)27-17(32)4-3-15(24(27)28(16)37)9-14-10-19(34)26-20(35)12-31(30(39)40-2,42-21(26)11-14)22-5-6-23(36)41-22/h3-4,7-8,10-11,22,32-34H,5-6,9,12H2,1-2H3. The largest absolute Gasteiger partial charge is 0.507 e. The molecule has 11 heteroatoms. The Labute approximate surface area is 238 Å². The summed E-state index contributed by atoms with van der Waals surface area (Å²) < 4.78 is 16.3. The summed E-state index contributed by atoms with van der Waals surface area (Å²) in [5.74, 6) is -4.77. The van der Waals surface area contributed by atoms with Gasteiger partial charge >= 0.3 is 11.9 Å². The maximum atomic E-state index is 13.6. The van der Waals surface area contributed by atoms with E-state index in [0.29, 0.717) is 16.7 Å². The van der Waals surface area contributed by atoms with Gasteiger partial charge in [-0.1, -0.05) is 6.07 Å². The molecule has 1 fully saturated rings. The van der Waals surface area contributed by atoms with Gasteiger partial charge in [-0.3, -0.25) is 19.2 Å². The highest BCUT2D eigenvalue weighted by Gasteiger charge is 2.58. The first-order valence-electron chi connectivity index (χ1n) is 13.1. The van der Waals surface area contributed by atoms with E-state index in [1.165, 1.54) is 36.4 Å². The first kappa shape index (κ1) is 27.0. The lowest BCUT2D eigenvalue weighted by Gasteiger charge is -2.38. The number of phenols is 3. The maximum Gasteiger partial charge on any atom is 0.354 e. The van der Waals surface area contributed by atoms with Gasteiger partial charge in [-0.15, -0.1) is 0 Å². The summed E-state index contributed by atoms with van der Waals surface area (Å²) >= 11 is 0. The number of hydrogen-bond donors (Lipinski definition) is 3. The minimum Gasteiger partial charge on any atom is -0.507 e. The third-order valence-corrected chi connectivity index (χ3v) is 7.92. The molecule has 2 aliphatic heterocycles. The Morgan fingerprint density at radius 2 is 1.67 bits per heavy atom. The van der Waals surface area contributed by atoms with E-state index in [2.05, 4.69) is 0 Å². The number of rotatable bonds is 4.